The molecule has 0 atom stereocenters. The average Bonchev–Trinajstić information content (AvgIpc) is 2.57. The minimum atomic E-state index is -0.0609. The molecule has 1 aromatic carbocycles. The number of carbonyl (C=O) groups excluding carboxylic acids is 1. The monoisotopic (exact) mass is 390 g/mol. The standard InChI is InChI=1S/C18H23BrN4O/c1-4-8-23(9-5-2)18(24)16-11-21-17(12-20-16)22-15-7-6-13(3)10-14(15)19/h6-7,10-12H,4-5,8-9H2,1-3H3,(H,21,22). The van der Waals surface area contributed by atoms with Crippen LogP contribution < -0.4 is 5.32 Å². The molecule has 0 unspecified atom stereocenters. The Hall–Kier alpha value is -1.95. The molecular weight excluding hydrogens is 368 g/mol. The van der Waals surface area contributed by atoms with Crippen LogP contribution >= 0.6 is 15.9 Å². The number of benzene rings is 1. The summed E-state index contributed by atoms with van der Waals surface area (Å²) in [4.78, 5) is 22.9. The molecule has 0 aliphatic carbocycles. The van der Waals surface area contributed by atoms with Gasteiger partial charge in [0.2, 0.25) is 0 Å². The zero-order chi connectivity index (χ0) is 17.5. The van der Waals surface area contributed by atoms with Crippen LogP contribution in [0.5, 0.6) is 0 Å². The first-order valence-corrected chi connectivity index (χ1v) is 8.99. The molecule has 1 heterocycles. The number of rotatable bonds is 7. The van der Waals surface area contributed by atoms with Crippen molar-refractivity contribution in [2.24, 2.45) is 0 Å². The zero-order valence-electron chi connectivity index (χ0n) is 14.3. The summed E-state index contributed by atoms with van der Waals surface area (Å²) < 4.78 is 0.960. The molecule has 2 rings (SSSR count). The fourth-order valence-corrected chi connectivity index (χ4v) is 2.97. The van der Waals surface area contributed by atoms with Gasteiger partial charge in [-0.15, -0.1) is 0 Å². The van der Waals surface area contributed by atoms with E-state index in [1.807, 2.05) is 30.0 Å². The van der Waals surface area contributed by atoms with Crippen molar-refractivity contribution in [2.75, 3.05) is 18.4 Å². The van der Waals surface area contributed by atoms with Gasteiger partial charge in [-0.2, -0.15) is 0 Å². The minimum absolute atomic E-state index is 0.0609. The van der Waals surface area contributed by atoms with Gasteiger partial charge in [0.25, 0.3) is 5.91 Å². The molecule has 5 nitrogen and oxygen atoms in total. The van der Waals surface area contributed by atoms with E-state index in [9.17, 15) is 4.79 Å². The lowest BCUT2D eigenvalue weighted by molar-refractivity contribution is 0.0749. The van der Waals surface area contributed by atoms with Crippen molar-refractivity contribution >= 4 is 33.3 Å². The van der Waals surface area contributed by atoms with Crippen molar-refractivity contribution in [3.63, 3.8) is 0 Å². The molecule has 128 valence electrons. The Morgan fingerprint density at radius 3 is 2.42 bits per heavy atom. The van der Waals surface area contributed by atoms with Crippen LogP contribution in [0.1, 0.15) is 42.7 Å². The molecular formula is C18H23BrN4O. The summed E-state index contributed by atoms with van der Waals surface area (Å²) in [7, 11) is 0. The summed E-state index contributed by atoms with van der Waals surface area (Å²) in [6, 6.07) is 6.03. The third-order valence-electron chi connectivity index (χ3n) is 3.53. The van der Waals surface area contributed by atoms with Gasteiger partial charge in [-0.3, -0.25) is 4.79 Å². The van der Waals surface area contributed by atoms with E-state index in [1.165, 1.54) is 11.8 Å². The van der Waals surface area contributed by atoms with E-state index in [0.29, 0.717) is 11.5 Å². The maximum atomic E-state index is 12.5. The SMILES string of the molecule is CCCN(CCC)C(=O)c1cnc(Nc2ccc(C)cc2Br)cn1. The van der Waals surface area contributed by atoms with Gasteiger partial charge < -0.3 is 10.2 Å². The maximum absolute atomic E-state index is 12.5. The summed E-state index contributed by atoms with van der Waals surface area (Å²) >= 11 is 3.52. The van der Waals surface area contributed by atoms with Gasteiger partial charge in [0, 0.05) is 17.6 Å². The highest BCUT2D eigenvalue weighted by Crippen LogP contribution is 2.25. The smallest absolute Gasteiger partial charge is 0.274 e. The topological polar surface area (TPSA) is 58.1 Å². The number of carbonyl (C=O) groups is 1. The number of aromatic nitrogens is 2. The van der Waals surface area contributed by atoms with E-state index in [2.05, 4.69) is 45.1 Å². The fourth-order valence-electron chi connectivity index (χ4n) is 2.38. The van der Waals surface area contributed by atoms with Crippen LogP contribution in [-0.2, 0) is 0 Å². The Bertz CT molecular complexity index is 682. The van der Waals surface area contributed by atoms with Crippen molar-refractivity contribution in [3.8, 4) is 0 Å². The van der Waals surface area contributed by atoms with Crippen LogP contribution in [0.25, 0.3) is 0 Å². The minimum Gasteiger partial charge on any atom is -0.338 e. The van der Waals surface area contributed by atoms with Crippen molar-refractivity contribution in [1.29, 1.82) is 0 Å². The van der Waals surface area contributed by atoms with Gasteiger partial charge in [-0.05, 0) is 53.4 Å². The first-order valence-electron chi connectivity index (χ1n) is 8.19. The molecule has 1 amide bonds. The van der Waals surface area contributed by atoms with Crippen LogP contribution in [-0.4, -0.2) is 33.9 Å². The van der Waals surface area contributed by atoms with Crippen molar-refractivity contribution in [1.82, 2.24) is 14.9 Å². The Morgan fingerprint density at radius 2 is 1.88 bits per heavy atom. The Kier molecular flexibility index (Phi) is 6.73. The van der Waals surface area contributed by atoms with Crippen LogP contribution in [0.3, 0.4) is 0 Å². The molecule has 24 heavy (non-hydrogen) atoms. The number of nitrogens with one attached hydrogen (secondary N) is 1. The zero-order valence-corrected chi connectivity index (χ0v) is 15.9. The van der Waals surface area contributed by atoms with Gasteiger partial charge in [-0.25, -0.2) is 9.97 Å². The van der Waals surface area contributed by atoms with Crippen LogP contribution in [0.4, 0.5) is 11.5 Å². The molecule has 1 aromatic heterocycles. The molecule has 0 aliphatic heterocycles. The molecule has 0 spiro atoms. The second-order valence-electron chi connectivity index (χ2n) is 5.69. The second-order valence-corrected chi connectivity index (χ2v) is 6.54. The highest BCUT2D eigenvalue weighted by atomic mass is 79.9. The third kappa shape index (κ3) is 4.77. The lowest BCUT2D eigenvalue weighted by Crippen LogP contribution is -2.33. The maximum Gasteiger partial charge on any atom is 0.274 e. The number of nitrogens with zero attached hydrogens (tertiary/aromatic N) is 3. The fraction of sp³-hybridized carbons (Fsp3) is 0.389. The summed E-state index contributed by atoms with van der Waals surface area (Å²) in [6.07, 6.45) is 4.99. The molecule has 0 fully saturated rings. The number of aryl methyl sites for hydroxylation is 1. The number of halogens is 1. The Labute approximate surface area is 151 Å². The lowest BCUT2D eigenvalue weighted by Gasteiger charge is -2.20. The summed E-state index contributed by atoms with van der Waals surface area (Å²) in [6.45, 7) is 7.64. The molecule has 1 N–H and O–H groups in total. The average molecular weight is 391 g/mol. The largest absolute Gasteiger partial charge is 0.338 e. The molecule has 2 aromatic rings. The highest BCUT2D eigenvalue weighted by Gasteiger charge is 2.16. The van der Waals surface area contributed by atoms with Crippen LogP contribution in [0, 0.1) is 6.92 Å². The first-order chi connectivity index (χ1) is 11.5. The van der Waals surface area contributed by atoms with E-state index in [4.69, 9.17) is 0 Å². The van der Waals surface area contributed by atoms with Crippen molar-refractivity contribution in [2.45, 2.75) is 33.6 Å². The molecule has 0 radical (unpaired) electrons. The predicted molar refractivity (Wildman–Crippen MR) is 101 cm³/mol. The van der Waals surface area contributed by atoms with Crippen LogP contribution in [0.2, 0.25) is 0 Å². The van der Waals surface area contributed by atoms with Crippen molar-refractivity contribution in [3.05, 3.63) is 46.3 Å². The Morgan fingerprint density at radius 1 is 1.17 bits per heavy atom. The van der Waals surface area contributed by atoms with E-state index in [1.54, 1.807) is 6.20 Å². The molecule has 0 saturated carbocycles. The second kappa shape index (κ2) is 8.78. The van der Waals surface area contributed by atoms with E-state index < -0.39 is 0 Å². The van der Waals surface area contributed by atoms with Gasteiger partial charge in [-0.1, -0.05) is 19.9 Å². The van der Waals surface area contributed by atoms with E-state index >= 15 is 0 Å². The molecule has 0 bridgehead atoms. The number of hydrogen-bond donors (Lipinski definition) is 1. The van der Waals surface area contributed by atoms with Crippen molar-refractivity contribution < 1.29 is 4.79 Å². The molecule has 0 saturated heterocycles. The predicted octanol–water partition coefficient (Wildman–Crippen LogP) is 4.55. The molecule has 0 aliphatic rings. The van der Waals surface area contributed by atoms with Gasteiger partial charge in [0.15, 0.2) is 0 Å². The number of hydrogen-bond acceptors (Lipinski definition) is 4. The summed E-state index contributed by atoms with van der Waals surface area (Å²) in [5.74, 6) is 0.544. The quantitative estimate of drug-likeness (QED) is 0.752. The summed E-state index contributed by atoms with van der Waals surface area (Å²) in [5.41, 5.74) is 2.46. The highest BCUT2D eigenvalue weighted by molar-refractivity contribution is 9.10. The number of amides is 1. The lowest BCUT2D eigenvalue weighted by atomic mass is 10.2. The van der Waals surface area contributed by atoms with E-state index in [-0.39, 0.29) is 5.91 Å². The first kappa shape index (κ1) is 18.4. The van der Waals surface area contributed by atoms with Gasteiger partial charge in [0.05, 0.1) is 18.1 Å². The number of anilines is 2. The van der Waals surface area contributed by atoms with E-state index in [0.717, 1.165) is 36.1 Å². The van der Waals surface area contributed by atoms with Gasteiger partial charge in [0.1, 0.15) is 11.5 Å². The third-order valence-corrected chi connectivity index (χ3v) is 4.19. The molecule has 6 heteroatoms. The van der Waals surface area contributed by atoms with Gasteiger partial charge >= 0.3 is 0 Å². The Balaban J connectivity index is 2.10. The summed E-state index contributed by atoms with van der Waals surface area (Å²) in [5, 5.41) is 3.20. The van der Waals surface area contributed by atoms with Crippen LogP contribution in [0.15, 0.2) is 35.1 Å². The normalized spacial score (nSPS) is 10.5.